The zero-order valence-corrected chi connectivity index (χ0v) is 9.49. The standard InChI is InChI=1S/C12H14N2O3/c1-2-7-4-3-5-8-11(7)13-9(6-10(15)16)12(17)14-8/h3-5,9,13H,2,6H2,1H3,(H,14,17)(H,15,16). The van der Waals surface area contributed by atoms with E-state index < -0.39 is 12.0 Å². The molecule has 1 amide bonds. The number of carbonyl (C=O) groups is 2. The molecule has 1 aromatic carbocycles. The SMILES string of the molecule is CCc1cccc2c1NC(CC(=O)O)C(=O)N2. The van der Waals surface area contributed by atoms with Crippen LogP contribution in [0, 0.1) is 0 Å². The first kappa shape index (κ1) is 11.4. The summed E-state index contributed by atoms with van der Waals surface area (Å²) in [6.07, 6.45) is 0.606. The topological polar surface area (TPSA) is 78.4 Å². The van der Waals surface area contributed by atoms with Crippen LogP contribution in [-0.2, 0) is 16.0 Å². The van der Waals surface area contributed by atoms with E-state index in [9.17, 15) is 9.59 Å². The highest BCUT2D eigenvalue weighted by Gasteiger charge is 2.28. The molecule has 90 valence electrons. The third-order valence-electron chi connectivity index (χ3n) is 2.80. The summed E-state index contributed by atoms with van der Waals surface area (Å²) < 4.78 is 0. The van der Waals surface area contributed by atoms with Crippen LogP contribution in [0.4, 0.5) is 11.4 Å². The number of hydrogen-bond donors (Lipinski definition) is 3. The molecule has 3 N–H and O–H groups in total. The van der Waals surface area contributed by atoms with E-state index in [1.54, 1.807) is 6.07 Å². The van der Waals surface area contributed by atoms with Crippen LogP contribution < -0.4 is 10.6 Å². The van der Waals surface area contributed by atoms with E-state index in [0.29, 0.717) is 0 Å². The summed E-state index contributed by atoms with van der Waals surface area (Å²) in [6.45, 7) is 2.01. The van der Waals surface area contributed by atoms with E-state index in [1.165, 1.54) is 0 Å². The average molecular weight is 234 g/mol. The molecule has 5 heteroatoms. The molecule has 1 heterocycles. The number of aliphatic carboxylic acids is 1. The Hall–Kier alpha value is -2.04. The van der Waals surface area contributed by atoms with Gasteiger partial charge in [0, 0.05) is 0 Å². The Kier molecular flexibility index (Phi) is 2.99. The molecule has 0 fully saturated rings. The van der Waals surface area contributed by atoms with Crippen LogP contribution in [0.5, 0.6) is 0 Å². The Bertz CT molecular complexity index is 471. The van der Waals surface area contributed by atoms with Gasteiger partial charge in [-0.15, -0.1) is 0 Å². The summed E-state index contributed by atoms with van der Waals surface area (Å²) in [4.78, 5) is 22.3. The van der Waals surface area contributed by atoms with Crippen LogP contribution in [0.3, 0.4) is 0 Å². The highest BCUT2D eigenvalue weighted by Crippen LogP contribution is 2.31. The van der Waals surface area contributed by atoms with Gasteiger partial charge in [0.05, 0.1) is 17.8 Å². The molecule has 0 aromatic heterocycles. The summed E-state index contributed by atoms with van der Waals surface area (Å²) >= 11 is 0. The molecule has 1 aromatic rings. The number of hydrogen-bond acceptors (Lipinski definition) is 3. The predicted octanol–water partition coefficient (Wildman–Crippen LogP) is 1.46. The van der Waals surface area contributed by atoms with Gasteiger partial charge in [-0.1, -0.05) is 19.1 Å². The van der Waals surface area contributed by atoms with Gasteiger partial charge < -0.3 is 15.7 Å². The van der Waals surface area contributed by atoms with Gasteiger partial charge in [-0.05, 0) is 18.1 Å². The molecule has 1 aliphatic rings. The second-order valence-corrected chi connectivity index (χ2v) is 3.98. The smallest absolute Gasteiger partial charge is 0.305 e. The quantitative estimate of drug-likeness (QED) is 0.739. The number of carbonyl (C=O) groups excluding carboxylic acids is 1. The lowest BCUT2D eigenvalue weighted by molar-refractivity contribution is -0.138. The normalized spacial score (nSPS) is 17.9. The van der Waals surface area contributed by atoms with Gasteiger partial charge in [-0.25, -0.2) is 0 Å². The van der Waals surface area contributed by atoms with Crippen molar-refractivity contribution in [2.75, 3.05) is 10.6 Å². The van der Waals surface area contributed by atoms with Gasteiger partial charge in [0.2, 0.25) is 5.91 Å². The van der Waals surface area contributed by atoms with E-state index in [-0.39, 0.29) is 12.3 Å². The minimum Gasteiger partial charge on any atom is -0.481 e. The van der Waals surface area contributed by atoms with Crippen molar-refractivity contribution in [3.05, 3.63) is 23.8 Å². The predicted molar refractivity (Wildman–Crippen MR) is 64.1 cm³/mol. The molecule has 2 rings (SSSR count). The number of anilines is 2. The molecule has 1 unspecified atom stereocenters. The summed E-state index contributed by atoms with van der Waals surface area (Å²) in [5, 5.41) is 14.5. The molecule has 0 saturated carbocycles. The Labute approximate surface area is 98.8 Å². The number of nitrogens with one attached hydrogen (secondary N) is 2. The summed E-state index contributed by atoms with van der Waals surface area (Å²) in [5.74, 6) is -1.29. The molecule has 0 spiro atoms. The summed E-state index contributed by atoms with van der Waals surface area (Å²) in [6, 6.07) is 4.93. The average Bonchev–Trinajstić information content (AvgIpc) is 2.28. The number of amides is 1. The van der Waals surface area contributed by atoms with E-state index in [0.717, 1.165) is 23.4 Å². The maximum atomic E-state index is 11.7. The zero-order valence-electron chi connectivity index (χ0n) is 9.49. The molecule has 5 nitrogen and oxygen atoms in total. The molecule has 0 saturated heterocycles. The Morgan fingerprint density at radius 1 is 1.47 bits per heavy atom. The lowest BCUT2D eigenvalue weighted by Crippen LogP contribution is -2.40. The first-order valence-corrected chi connectivity index (χ1v) is 5.53. The summed E-state index contributed by atoms with van der Waals surface area (Å²) in [5.41, 5.74) is 2.62. The highest BCUT2D eigenvalue weighted by molar-refractivity contribution is 6.04. The van der Waals surface area contributed by atoms with Crippen LogP contribution in [0.15, 0.2) is 18.2 Å². The first-order chi connectivity index (χ1) is 8.11. The van der Waals surface area contributed by atoms with Crippen LogP contribution in [-0.4, -0.2) is 23.0 Å². The van der Waals surface area contributed by atoms with Gasteiger partial charge in [0.25, 0.3) is 0 Å². The fourth-order valence-corrected chi connectivity index (χ4v) is 1.95. The largest absolute Gasteiger partial charge is 0.481 e. The molecule has 0 bridgehead atoms. The number of carboxylic acids is 1. The van der Waals surface area contributed by atoms with E-state index >= 15 is 0 Å². The van der Waals surface area contributed by atoms with Crippen LogP contribution in [0.25, 0.3) is 0 Å². The van der Waals surface area contributed by atoms with E-state index in [1.807, 2.05) is 19.1 Å². The minimum absolute atomic E-state index is 0.219. The molecule has 17 heavy (non-hydrogen) atoms. The Balaban J connectivity index is 2.31. The number of benzene rings is 1. The minimum atomic E-state index is -0.991. The Morgan fingerprint density at radius 2 is 2.24 bits per heavy atom. The number of carboxylic acid groups (broad SMARTS) is 1. The molecular weight excluding hydrogens is 220 g/mol. The Morgan fingerprint density at radius 3 is 2.88 bits per heavy atom. The first-order valence-electron chi connectivity index (χ1n) is 5.53. The van der Waals surface area contributed by atoms with Gasteiger partial charge in [0.15, 0.2) is 0 Å². The van der Waals surface area contributed by atoms with Crippen LogP contribution in [0.2, 0.25) is 0 Å². The van der Waals surface area contributed by atoms with Crippen molar-refractivity contribution in [3.63, 3.8) is 0 Å². The highest BCUT2D eigenvalue weighted by atomic mass is 16.4. The molecule has 1 aliphatic heterocycles. The van der Waals surface area contributed by atoms with E-state index in [4.69, 9.17) is 5.11 Å². The third-order valence-corrected chi connectivity index (χ3v) is 2.80. The molecule has 1 atom stereocenters. The van der Waals surface area contributed by atoms with Gasteiger partial charge in [-0.3, -0.25) is 9.59 Å². The second kappa shape index (κ2) is 4.45. The maximum Gasteiger partial charge on any atom is 0.305 e. The van der Waals surface area contributed by atoms with Crippen molar-refractivity contribution in [2.24, 2.45) is 0 Å². The lowest BCUT2D eigenvalue weighted by Gasteiger charge is -2.27. The second-order valence-electron chi connectivity index (χ2n) is 3.98. The number of rotatable bonds is 3. The number of fused-ring (bicyclic) bond motifs is 1. The molecule has 0 aliphatic carbocycles. The van der Waals surface area contributed by atoms with E-state index in [2.05, 4.69) is 10.6 Å². The van der Waals surface area contributed by atoms with Gasteiger partial charge >= 0.3 is 5.97 Å². The summed E-state index contributed by atoms with van der Waals surface area (Å²) in [7, 11) is 0. The van der Waals surface area contributed by atoms with Crippen molar-refractivity contribution >= 4 is 23.3 Å². The van der Waals surface area contributed by atoms with Crippen molar-refractivity contribution in [3.8, 4) is 0 Å². The van der Waals surface area contributed by atoms with Crippen molar-refractivity contribution in [2.45, 2.75) is 25.8 Å². The van der Waals surface area contributed by atoms with Crippen molar-refractivity contribution in [1.82, 2.24) is 0 Å². The fourth-order valence-electron chi connectivity index (χ4n) is 1.95. The monoisotopic (exact) mass is 234 g/mol. The van der Waals surface area contributed by atoms with Crippen molar-refractivity contribution < 1.29 is 14.7 Å². The van der Waals surface area contributed by atoms with Crippen LogP contribution >= 0.6 is 0 Å². The lowest BCUT2D eigenvalue weighted by atomic mass is 10.0. The molecule has 0 radical (unpaired) electrons. The molecular formula is C12H14N2O3. The van der Waals surface area contributed by atoms with Gasteiger partial charge in [-0.2, -0.15) is 0 Å². The fraction of sp³-hybridized carbons (Fsp3) is 0.333. The van der Waals surface area contributed by atoms with Crippen molar-refractivity contribution in [1.29, 1.82) is 0 Å². The zero-order chi connectivity index (χ0) is 12.4. The van der Waals surface area contributed by atoms with Gasteiger partial charge in [0.1, 0.15) is 6.04 Å². The third kappa shape index (κ3) is 2.22. The maximum absolute atomic E-state index is 11.7. The number of para-hydroxylation sites is 1. The number of aryl methyl sites for hydroxylation is 1. The van der Waals surface area contributed by atoms with Crippen LogP contribution in [0.1, 0.15) is 18.9 Å².